The second-order valence-electron chi connectivity index (χ2n) is 4.71. The van der Waals surface area contributed by atoms with Gasteiger partial charge in [0, 0.05) is 21.8 Å². The number of anilines is 1. The van der Waals surface area contributed by atoms with Crippen LogP contribution >= 0.6 is 15.9 Å². The van der Waals surface area contributed by atoms with Crippen molar-refractivity contribution in [2.45, 2.75) is 20.3 Å². The summed E-state index contributed by atoms with van der Waals surface area (Å²) in [4.78, 5) is 8.86. The molecule has 0 aliphatic heterocycles. The summed E-state index contributed by atoms with van der Waals surface area (Å²) in [5.74, 6) is 1.77. The fourth-order valence-corrected chi connectivity index (χ4v) is 2.03. The zero-order valence-electron chi connectivity index (χ0n) is 10.5. The van der Waals surface area contributed by atoms with Crippen LogP contribution in [0.15, 0.2) is 34.8 Å². The van der Waals surface area contributed by atoms with Crippen molar-refractivity contribution in [2.75, 3.05) is 5.73 Å². The topological polar surface area (TPSA) is 51.8 Å². The molecule has 0 radical (unpaired) electrons. The van der Waals surface area contributed by atoms with Crippen LogP contribution in [0.1, 0.15) is 19.5 Å². The summed E-state index contributed by atoms with van der Waals surface area (Å²) in [6.45, 7) is 4.33. The van der Waals surface area contributed by atoms with Crippen LogP contribution in [-0.2, 0) is 6.42 Å². The third-order valence-electron chi connectivity index (χ3n) is 2.52. The van der Waals surface area contributed by atoms with Crippen LogP contribution in [0.2, 0.25) is 0 Å². The number of rotatable bonds is 3. The lowest BCUT2D eigenvalue weighted by Crippen LogP contribution is -2.03. The molecule has 0 spiro atoms. The molecule has 94 valence electrons. The Labute approximate surface area is 116 Å². The lowest BCUT2D eigenvalue weighted by Gasteiger charge is -2.08. The molecule has 1 heterocycles. The molecule has 0 aliphatic rings. The Morgan fingerprint density at radius 1 is 1.17 bits per heavy atom. The first-order valence-corrected chi connectivity index (χ1v) is 6.73. The largest absolute Gasteiger partial charge is 0.384 e. The van der Waals surface area contributed by atoms with Crippen LogP contribution in [0.4, 0.5) is 5.82 Å². The van der Waals surface area contributed by atoms with E-state index in [1.807, 2.05) is 30.3 Å². The first-order valence-electron chi connectivity index (χ1n) is 5.94. The molecule has 1 aromatic heterocycles. The Morgan fingerprint density at radius 3 is 2.44 bits per heavy atom. The molecule has 0 unspecified atom stereocenters. The maximum absolute atomic E-state index is 5.84. The minimum Gasteiger partial charge on any atom is -0.384 e. The Morgan fingerprint density at radius 2 is 1.83 bits per heavy atom. The van der Waals surface area contributed by atoms with Gasteiger partial charge in [-0.3, -0.25) is 0 Å². The maximum atomic E-state index is 5.84. The molecule has 3 nitrogen and oxygen atoms in total. The van der Waals surface area contributed by atoms with Crippen LogP contribution in [0, 0.1) is 5.92 Å². The number of hydrogen-bond acceptors (Lipinski definition) is 3. The van der Waals surface area contributed by atoms with E-state index >= 15 is 0 Å². The number of hydrogen-bond donors (Lipinski definition) is 1. The first kappa shape index (κ1) is 13.0. The number of benzene rings is 1. The maximum Gasteiger partial charge on any atom is 0.161 e. The summed E-state index contributed by atoms with van der Waals surface area (Å²) in [6.07, 6.45) is 0.913. The number of halogens is 1. The Bertz CT molecular complexity index is 535. The van der Waals surface area contributed by atoms with Crippen LogP contribution in [0.25, 0.3) is 11.4 Å². The lowest BCUT2D eigenvalue weighted by atomic mass is 10.1. The van der Waals surface area contributed by atoms with Crippen molar-refractivity contribution in [3.05, 3.63) is 40.5 Å². The predicted octanol–water partition coefficient (Wildman–Crippen LogP) is 3.69. The van der Waals surface area contributed by atoms with Gasteiger partial charge >= 0.3 is 0 Å². The van der Waals surface area contributed by atoms with Gasteiger partial charge in [-0.25, -0.2) is 9.97 Å². The summed E-state index contributed by atoms with van der Waals surface area (Å²) < 4.78 is 1.04. The van der Waals surface area contributed by atoms with Gasteiger partial charge in [-0.05, 0) is 24.5 Å². The molecule has 1 aromatic carbocycles. The van der Waals surface area contributed by atoms with E-state index in [0.717, 1.165) is 22.2 Å². The molecule has 0 saturated heterocycles. The molecule has 0 aliphatic carbocycles. The summed E-state index contributed by atoms with van der Waals surface area (Å²) in [5, 5.41) is 0. The third-order valence-corrected chi connectivity index (χ3v) is 3.05. The Balaban J connectivity index is 2.38. The summed E-state index contributed by atoms with van der Waals surface area (Å²) >= 11 is 3.41. The van der Waals surface area contributed by atoms with E-state index in [-0.39, 0.29) is 0 Å². The SMILES string of the molecule is CC(C)Cc1cc(N)nc(-c2ccc(Br)cc2)n1. The summed E-state index contributed by atoms with van der Waals surface area (Å²) in [5.41, 5.74) is 7.82. The number of nitrogen functional groups attached to an aromatic ring is 1. The van der Waals surface area contributed by atoms with Crippen molar-refractivity contribution in [3.63, 3.8) is 0 Å². The van der Waals surface area contributed by atoms with Gasteiger partial charge in [-0.1, -0.05) is 41.9 Å². The predicted molar refractivity (Wildman–Crippen MR) is 78.1 cm³/mol. The lowest BCUT2D eigenvalue weighted by molar-refractivity contribution is 0.635. The Hall–Kier alpha value is -1.42. The molecule has 18 heavy (non-hydrogen) atoms. The van der Waals surface area contributed by atoms with Gasteiger partial charge in [0.25, 0.3) is 0 Å². The van der Waals surface area contributed by atoms with E-state index in [2.05, 4.69) is 39.7 Å². The van der Waals surface area contributed by atoms with Gasteiger partial charge in [-0.2, -0.15) is 0 Å². The average molecular weight is 306 g/mol. The van der Waals surface area contributed by atoms with Crippen LogP contribution < -0.4 is 5.73 Å². The number of nitrogens with two attached hydrogens (primary N) is 1. The molecule has 4 heteroatoms. The highest BCUT2D eigenvalue weighted by atomic mass is 79.9. The number of aromatic nitrogens is 2. The highest BCUT2D eigenvalue weighted by Crippen LogP contribution is 2.20. The quantitative estimate of drug-likeness (QED) is 0.941. The molecule has 0 bridgehead atoms. The van der Waals surface area contributed by atoms with Crippen molar-refractivity contribution in [2.24, 2.45) is 5.92 Å². The van der Waals surface area contributed by atoms with Crippen LogP contribution in [0.5, 0.6) is 0 Å². The second kappa shape index (κ2) is 5.48. The van der Waals surface area contributed by atoms with Crippen molar-refractivity contribution in [1.82, 2.24) is 9.97 Å². The molecule has 0 amide bonds. The van der Waals surface area contributed by atoms with Crippen LogP contribution in [0.3, 0.4) is 0 Å². The molecule has 0 saturated carbocycles. The Kier molecular flexibility index (Phi) is 3.97. The van der Waals surface area contributed by atoms with E-state index in [9.17, 15) is 0 Å². The van der Waals surface area contributed by atoms with E-state index < -0.39 is 0 Å². The fourth-order valence-electron chi connectivity index (χ4n) is 1.77. The van der Waals surface area contributed by atoms with Gasteiger partial charge < -0.3 is 5.73 Å². The van der Waals surface area contributed by atoms with Gasteiger partial charge in [0.05, 0.1) is 0 Å². The molecule has 2 aromatic rings. The molecule has 2 N–H and O–H groups in total. The molecule has 0 atom stereocenters. The summed E-state index contributed by atoms with van der Waals surface area (Å²) in [6, 6.07) is 9.77. The monoisotopic (exact) mass is 305 g/mol. The first-order chi connectivity index (χ1) is 8.54. The highest BCUT2D eigenvalue weighted by Gasteiger charge is 2.07. The second-order valence-corrected chi connectivity index (χ2v) is 5.63. The molecule has 0 fully saturated rings. The minimum atomic E-state index is 0.526. The molecule has 2 rings (SSSR count). The third kappa shape index (κ3) is 3.29. The van der Waals surface area contributed by atoms with Crippen LogP contribution in [-0.4, -0.2) is 9.97 Å². The van der Waals surface area contributed by atoms with E-state index in [0.29, 0.717) is 17.6 Å². The fraction of sp³-hybridized carbons (Fsp3) is 0.286. The normalized spacial score (nSPS) is 10.9. The van der Waals surface area contributed by atoms with Crippen molar-refractivity contribution < 1.29 is 0 Å². The van der Waals surface area contributed by atoms with Gasteiger partial charge in [0.15, 0.2) is 5.82 Å². The van der Waals surface area contributed by atoms with E-state index in [4.69, 9.17) is 5.73 Å². The zero-order chi connectivity index (χ0) is 13.1. The molecular formula is C14H16BrN3. The van der Waals surface area contributed by atoms with Crippen molar-refractivity contribution in [3.8, 4) is 11.4 Å². The zero-order valence-corrected chi connectivity index (χ0v) is 12.1. The molecular weight excluding hydrogens is 290 g/mol. The minimum absolute atomic E-state index is 0.526. The van der Waals surface area contributed by atoms with Gasteiger partial charge in [0.1, 0.15) is 5.82 Å². The standard InChI is InChI=1S/C14H16BrN3/c1-9(2)7-12-8-13(16)18-14(17-12)10-3-5-11(15)6-4-10/h3-6,8-9H,7H2,1-2H3,(H2,16,17,18). The van der Waals surface area contributed by atoms with Gasteiger partial charge in [-0.15, -0.1) is 0 Å². The van der Waals surface area contributed by atoms with E-state index in [1.165, 1.54) is 0 Å². The van der Waals surface area contributed by atoms with Crippen molar-refractivity contribution in [1.29, 1.82) is 0 Å². The highest BCUT2D eigenvalue weighted by molar-refractivity contribution is 9.10. The van der Waals surface area contributed by atoms with Gasteiger partial charge in [0.2, 0.25) is 0 Å². The average Bonchev–Trinajstić information content (AvgIpc) is 2.28. The van der Waals surface area contributed by atoms with E-state index in [1.54, 1.807) is 0 Å². The number of nitrogens with zero attached hydrogens (tertiary/aromatic N) is 2. The smallest absolute Gasteiger partial charge is 0.161 e. The summed E-state index contributed by atoms with van der Waals surface area (Å²) in [7, 11) is 0. The van der Waals surface area contributed by atoms with Crippen molar-refractivity contribution >= 4 is 21.7 Å².